The van der Waals surface area contributed by atoms with Gasteiger partial charge in [-0.1, -0.05) is 19.1 Å². The maximum absolute atomic E-state index is 12.8. The minimum atomic E-state index is -0.474. The summed E-state index contributed by atoms with van der Waals surface area (Å²) in [6.07, 6.45) is 0.390. The summed E-state index contributed by atoms with van der Waals surface area (Å²) in [5.41, 5.74) is 1.72. The normalized spacial score (nSPS) is 10.1. The molecule has 0 aliphatic heterocycles. The topological polar surface area (TPSA) is 55.4 Å². The Balaban J connectivity index is 1.92. The van der Waals surface area contributed by atoms with E-state index in [0.29, 0.717) is 23.2 Å². The van der Waals surface area contributed by atoms with E-state index in [9.17, 15) is 14.0 Å². The molecule has 0 radical (unpaired) electrons. The molecule has 0 saturated carbocycles. The molecule has 2 rings (SSSR count). The lowest BCUT2D eigenvalue weighted by Gasteiger charge is -2.07. The van der Waals surface area contributed by atoms with E-state index in [0.717, 1.165) is 0 Å². The van der Waals surface area contributed by atoms with E-state index in [-0.39, 0.29) is 18.3 Å². The SMILES string of the molecule is CCC(=O)Nc1ccc(C(=O)OCc2ccc(F)cc2)cc1. The molecule has 0 unspecified atom stereocenters. The highest BCUT2D eigenvalue weighted by Crippen LogP contribution is 2.12. The molecule has 1 amide bonds. The van der Waals surface area contributed by atoms with Crippen molar-refractivity contribution in [3.05, 3.63) is 65.5 Å². The van der Waals surface area contributed by atoms with Crippen LogP contribution in [0, 0.1) is 5.82 Å². The zero-order valence-electron chi connectivity index (χ0n) is 12.1. The van der Waals surface area contributed by atoms with Crippen LogP contribution in [0.1, 0.15) is 29.3 Å². The van der Waals surface area contributed by atoms with Gasteiger partial charge in [-0.05, 0) is 42.0 Å². The molecule has 4 nitrogen and oxygen atoms in total. The number of carbonyl (C=O) groups excluding carboxylic acids is 2. The van der Waals surface area contributed by atoms with Crippen molar-refractivity contribution < 1.29 is 18.7 Å². The van der Waals surface area contributed by atoms with Crippen molar-refractivity contribution in [3.63, 3.8) is 0 Å². The first-order valence-corrected chi connectivity index (χ1v) is 6.90. The van der Waals surface area contributed by atoms with Crippen LogP contribution in [-0.4, -0.2) is 11.9 Å². The highest BCUT2D eigenvalue weighted by molar-refractivity contribution is 5.92. The lowest BCUT2D eigenvalue weighted by Crippen LogP contribution is -2.10. The molecule has 0 aliphatic carbocycles. The third-order valence-electron chi connectivity index (χ3n) is 3.01. The van der Waals surface area contributed by atoms with Crippen LogP contribution >= 0.6 is 0 Å². The summed E-state index contributed by atoms with van der Waals surface area (Å²) in [7, 11) is 0. The van der Waals surface area contributed by atoms with Gasteiger partial charge in [0, 0.05) is 12.1 Å². The van der Waals surface area contributed by atoms with Crippen molar-refractivity contribution in [2.75, 3.05) is 5.32 Å². The summed E-state index contributed by atoms with van der Waals surface area (Å²) in [5, 5.41) is 2.69. The van der Waals surface area contributed by atoms with E-state index in [1.54, 1.807) is 43.3 Å². The van der Waals surface area contributed by atoms with E-state index < -0.39 is 5.97 Å². The van der Waals surface area contributed by atoms with E-state index in [2.05, 4.69) is 5.32 Å². The van der Waals surface area contributed by atoms with Gasteiger partial charge >= 0.3 is 5.97 Å². The Labute approximate surface area is 127 Å². The number of benzene rings is 2. The van der Waals surface area contributed by atoms with Gasteiger partial charge in [0.25, 0.3) is 0 Å². The van der Waals surface area contributed by atoms with Gasteiger partial charge in [-0.3, -0.25) is 4.79 Å². The number of amides is 1. The maximum atomic E-state index is 12.8. The molecule has 1 N–H and O–H groups in total. The molecule has 0 bridgehead atoms. The third-order valence-corrected chi connectivity index (χ3v) is 3.01. The summed E-state index contributed by atoms with van der Waals surface area (Å²) in [5.74, 6) is -0.899. The first kappa shape index (κ1) is 15.7. The first-order chi connectivity index (χ1) is 10.6. The van der Waals surface area contributed by atoms with Crippen molar-refractivity contribution in [1.82, 2.24) is 0 Å². The van der Waals surface area contributed by atoms with Crippen molar-refractivity contribution in [2.24, 2.45) is 0 Å². The zero-order chi connectivity index (χ0) is 15.9. The van der Waals surface area contributed by atoms with Gasteiger partial charge in [0.1, 0.15) is 12.4 Å². The van der Waals surface area contributed by atoms with E-state index in [1.165, 1.54) is 12.1 Å². The molecule has 0 aliphatic rings. The van der Waals surface area contributed by atoms with E-state index in [4.69, 9.17) is 4.74 Å². The van der Waals surface area contributed by atoms with Crippen LogP contribution in [0.25, 0.3) is 0 Å². The van der Waals surface area contributed by atoms with Crippen LogP contribution in [-0.2, 0) is 16.1 Å². The van der Waals surface area contributed by atoms with Crippen molar-refractivity contribution >= 4 is 17.6 Å². The van der Waals surface area contributed by atoms with Crippen molar-refractivity contribution in [2.45, 2.75) is 20.0 Å². The highest BCUT2D eigenvalue weighted by atomic mass is 19.1. The Morgan fingerprint density at radius 3 is 2.27 bits per heavy atom. The van der Waals surface area contributed by atoms with Crippen molar-refractivity contribution in [3.8, 4) is 0 Å². The molecule has 0 spiro atoms. The summed E-state index contributed by atoms with van der Waals surface area (Å²) in [4.78, 5) is 23.1. The predicted molar refractivity (Wildman–Crippen MR) is 80.9 cm³/mol. The van der Waals surface area contributed by atoms with Gasteiger partial charge < -0.3 is 10.1 Å². The molecule has 2 aromatic carbocycles. The molecule has 0 heterocycles. The molecule has 22 heavy (non-hydrogen) atoms. The second-order valence-corrected chi connectivity index (χ2v) is 4.68. The molecular weight excluding hydrogens is 285 g/mol. The van der Waals surface area contributed by atoms with Gasteiger partial charge in [0.15, 0.2) is 0 Å². The number of anilines is 1. The van der Waals surface area contributed by atoms with Crippen LogP contribution in [0.5, 0.6) is 0 Å². The minimum Gasteiger partial charge on any atom is -0.457 e. The smallest absolute Gasteiger partial charge is 0.338 e. The number of esters is 1. The van der Waals surface area contributed by atoms with Gasteiger partial charge in [-0.25, -0.2) is 9.18 Å². The highest BCUT2D eigenvalue weighted by Gasteiger charge is 2.08. The minimum absolute atomic E-state index is 0.0768. The number of halogens is 1. The van der Waals surface area contributed by atoms with Gasteiger partial charge in [0.05, 0.1) is 5.56 Å². The second-order valence-electron chi connectivity index (χ2n) is 4.68. The first-order valence-electron chi connectivity index (χ1n) is 6.90. The molecule has 114 valence electrons. The Hall–Kier alpha value is -2.69. The number of carbonyl (C=O) groups is 2. The maximum Gasteiger partial charge on any atom is 0.338 e. The van der Waals surface area contributed by atoms with Crippen molar-refractivity contribution in [1.29, 1.82) is 0 Å². The molecule has 0 saturated heterocycles. The lowest BCUT2D eigenvalue weighted by atomic mass is 10.2. The standard InChI is InChI=1S/C17H16FNO3/c1-2-16(20)19-15-9-5-13(6-10-15)17(21)22-11-12-3-7-14(18)8-4-12/h3-10H,2,11H2,1H3,(H,19,20). The molecule has 5 heteroatoms. The van der Waals surface area contributed by atoms with Crippen LogP contribution < -0.4 is 5.32 Å². The zero-order valence-corrected chi connectivity index (χ0v) is 12.1. The quantitative estimate of drug-likeness (QED) is 0.860. The number of hydrogen-bond donors (Lipinski definition) is 1. The van der Waals surface area contributed by atoms with Gasteiger partial charge in [-0.15, -0.1) is 0 Å². The lowest BCUT2D eigenvalue weighted by molar-refractivity contribution is -0.115. The monoisotopic (exact) mass is 301 g/mol. The Morgan fingerprint density at radius 1 is 1.05 bits per heavy atom. The van der Waals surface area contributed by atoms with Gasteiger partial charge in [-0.2, -0.15) is 0 Å². The molecule has 0 atom stereocenters. The Morgan fingerprint density at radius 2 is 1.68 bits per heavy atom. The Bertz CT molecular complexity index is 651. The van der Waals surface area contributed by atoms with E-state index >= 15 is 0 Å². The predicted octanol–water partition coefficient (Wildman–Crippen LogP) is 3.53. The number of rotatable bonds is 5. The summed E-state index contributed by atoms with van der Waals surface area (Å²) in [6.45, 7) is 1.84. The number of ether oxygens (including phenoxy) is 1. The van der Waals surface area contributed by atoms with Crippen LogP contribution in [0.15, 0.2) is 48.5 Å². The molecular formula is C17H16FNO3. The second kappa shape index (κ2) is 7.36. The molecule has 0 fully saturated rings. The van der Waals surface area contributed by atoms with Crippen LogP contribution in [0.2, 0.25) is 0 Å². The van der Waals surface area contributed by atoms with Crippen LogP contribution in [0.3, 0.4) is 0 Å². The average molecular weight is 301 g/mol. The summed E-state index contributed by atoms with van der Waals surface area (Å²) >= 11 is 0. The fourth-order valence-electron chi connectivity index (χ4n) is 1.75. The third kappa shape index (κ3) is 4.41. The largest absolute Gasteiger partial charge is 0.457 e. The van der Waals surface area contributed by atoms with Crippen LogP contribution in [0.4, 0.5) is 10.1 Å². The van der Waals surface area contributed by atoms with Gasteiger partial charge in [0.2, 0.25) is 5.91 Å². The van der Waals surface area contributed by atoms with E-state index in [1.807, 2.05) is 0 Å². The Kier molecular flexibility index (Phi) is 5.25. The molecule has 0 aromatic heterocycles. The fraction of sp³-hybridized carbons (Fsp3) is 0.176. The average Bonchev–Trinajstić information content (AvgIpc) is 2.54. The number of hydrogen-bond acceptors (Lipinski definition) is 3. The summed E-state index contributed by atoms with van der Waals surface area (Å²) < 4.78 is 17.9. The fourth-order valence-corrected chi connectivity index (χ4v) is 1.75. The molecule has 2 aromatic rings. The number of nitrogens with one attached hydrogen (secondary N) is 1. The summed E-state index contributed by atoms with van der Waals surface area (Å²) in [6, 6.07) is 12.2.